The van der Waals surface area contributed by atoms with Crippen molar-refractivity contribution in [1.29, 1.82) is 0 Å². The number of aromatic amines is 1. The van der Waals surface area contributed by atoms with Crippen molar-refractivity contribution in [2.24, 2.45) is 0 Å². The summed E-state index contributed by atoms with van der Waals surface area (Å²) in [5.74, 6) is -0.405. The summed E-state index contributed by atoms with van der Waals surface area (Å²) >= 11 is 0. The Kier molecular flexibility index (Phi) is 5.15. The monoisotopic (exact) mass is 326 g/mol. The first-order valence-electron chi connectivity index (χ1n) is 7.42. The lowest BCUT2D eigenvalue weighted by Crippen LogP contribution is -2.43. The molecule has 0 saturated carbocycles. The van der Waals surface area contributed by atoms with Gasteiger partial charge in [0.05, 0.1) is 16.6 Å². The third-order valence-electron chi connectivity index (χ3n) is 3.86. The number of alkyl halides is 2. The lowest BCUT2D eigenvalue weighted by Gasteiger charge is -2.25. The van der Waals surface area contributed by atoms with Gasteiger partial charge in [-0.25, -0.2) is 18.6 Å². The number of rotatable bonds is 6. The molecule has 0 atom stereocenters. The van der Waals surface area contributed by atoms with Crippen LogP contribution in [0.15, 0.2) is 18.2 Å². The van der Waals surface area contributed by atoms with Crippen molar-refractivity contribution in [3.05, 3.63) is 24.0 Å². The zero-order chi connectivity index (χ0) is 17.0. The molecule has 2 amide bonds. The molecule has 23 heavy (non-hydrogen) atoms. The van der Waals surface area contributed by atoms with Gasteiger partial charge in [-0.05, 0) is 31.0 Å². The van der Waals surface area contributed by atoms with E-state index in [1.54, 1.807) is 12.1 Å². The average Bonchev–Trinajstić information content (AvgIpc) is 2.96. The van der Waals surface area contributed by atoms with Gasteiger partial charge < -0.3 is 20.7 Å². The number of carbonyl (C=O) groups is 1. The van der Waals surface area contributed by atoms with Crippen LogP contribution in [0.25, 0.3) is 11.0 Å². The highest BCUT2D eigenvalue weighted by atomic mass is 19.3. The average molecular weight is 326 g/mol. The summed E-state index contributed by atoms with van der Waals surface area (Å²) in [6.45, 7) is 3.82. The van der Waals surface area contributed by atoms with Gasteiger partial charge in [-0.3, -0.25) is 0 Å². The van der Waals surface area contributed by atoms with Crippen molar-refractivity contribution in [3.63, 3.8) is 0 Å². The predicted octanol–water partition coefficient (Wildman–Crippen LogP) is 3.17. The van der Waals surface area contributed by atoms with E-state index in [4.69, 9.17) is 0 Å². The van der Waals surface area contributed by atoms with Gasteiger partial charge in [0.1, 0.15) is 0 Å². The fourth-order valence-electron chi connectivity index (χ4n) is 2.13. The van der Waals surface area contributed by atoms with Gasteiger partial charge in [-0.15, -0.1) is 0 Å². The van der Waals surface area contributed by atoms with Crippen molar-refractivity contribution in [2.45, 2.75) is 38.7 Å². The van der Waals surface area contributed by atoms with Crippen LogP contribution in [0.4, 0.5) is 19.3 Å². The zero-order valence-corrected chi connectivity index (χ0v) is 13.0. The highest BCUT2D eigenvalue weighted by molar-refractivity contribution is 5.91. The molecule has 1 heterocycles. The minimum atomic E-state index is -2.68. The topological polar surface area (TPSA) is 90.0 Å². The Labute approximate surface area is 132 Å². The van der Waals surface area contributed by atoms with Crippen molar-refractivity contribution in [2.75, 3.05) is 11.9 Å². The van der Waals surface area contributed by atoms with Crippen LogP contribution in [0.3, 0.4) is 0 Å². The summed E-state index contributed by atoms with van der Waals surface area (Å²) in [5, 5.41) is 15.3. The molecule has 1 aromatic heterocycles. The van der Waals surface area contributed by atoms with E-state index in [1.807, 2.05) is 13.8 Å². The molecule has 8 heteroatoms. The fourth-order valence-corrected chi connectivity index (χ4v) is 2.13. The van der Waals surface area contributed by atoms with E-state index in [0.717, 1.165) is 0 Å². The highest BCUT2D eigenvalue weighted by Crippen LogP contribution is 2.22. The number of urea groups is 1. The second-order valence-corrected chi connectivity index (χ2v) is 5.39. The molecule has 0 saturated heterocycles. The lowest BCUT2D eigenvalue weighted by molar-refractivity contribution is 0.0354. The van der Waals surface area contributed by atoms with E-state index in [2.05, 4.69) is 20.6 Å². The Bertz CT molecular complexity index is 683. The Balaban J connectivity index is 2.02. The number of anilines is 1. The van der Waals surface area contributed by atoms with Crippen LogP contribution in [-0.2, 0) is 0 Å². The molecule has 0 unspecified atom stereocenters. The summed E-state index contributed by atoms with van der Waals surface area (Å²) in [5.41, 5.74) is 0.321. The second kappa shape index (κ2) is 6.91. The van der Waals surface area contributed by atoms with E-state index in [0.29, 0.717) is 29.6 Å². The molecule has 0 bridgehead atoms. The molecule has 1 aromatic carbocycles. The number of aromatic nitrogens is 2. The van der Waals surface area contributed by atoms with E-state index >= 15 is 0 Å². The molecule has 126 valence electrons. The molecule has 2 aromatic rings. The summed E-state index contributed by atoms with van der Waals surface area (Å²) in [4.78, 5) is 18.1. The van der Waals surface area contributed by atoms with Crippen molar-refractivity contribution >= 4 is 22.8 Å². The minimum absolute atomic E-state index is 0.133. The van der Waals surface area contributed by atoms with Gasteiger partial charge >= 0.3 is 6.03 Å². The van der Waals surface area contributed by atoms with Crippen molar-refractivity contribution in [3.8, 4) is 0 Å². The number of hydrogen-bond acceptors (Lipinski definition) is 3. The Hall–Kier alpha value is -2.22. The van der Waals surface area contributed by atoms with Crippen molar-refractivity contribution in [1.82, 2.24) is 15.3 Å². The van der Waals surface area contributed by atoms with Gasteiger partial charge in [0, 0.05) is 12.2 Å². The largest absolute Gasteiger partial charge is 0.388 e. The molecular weight excluding hydrogens is 306 g/mol. The number of amides is 2. The van der Waals surface area contributed by atoms with E-state index in [1.165, 1.54) is 6.07 Å². The molecule has 0 radical (unpaired) electrons. The number of aliphatic hydroxyl groups is 1. The Morgan fingerprint density at radius 1 is 1.39 bits per heavy atom. The van der Waals surface area contributed by atoms with E-state index in [-0.39, 0.29) is 6.54 Å². The number of hydrogen-bond donors (Lipinski definition) is 4. The number of benzene rings is 1. The zero-order valence-electron chi connectivity index (χ0n) is 13.0. The number of imidazole rings is 1. The molecule has 0 aliphatic rings. The number of H-pyrrole nitrogens is 1. The number of nitrogens with zero attached hydrogens (tertiary/aromatic N) is 1. The predicted molar refractivity (Wildman–Crippen MR) is 83.6 cm³/mol. The van der Waals surface area contributed by atoms with Gasteiger partial charge in [0.15, 0.2) is 5.82 Å². The summed E-state index contributed by atoms with van der Waals surface area (Å²) in [7, 11) is 0. The van der Waals surface area contributed by atoms with Crippen LogP contribution < -0.4 is 10.6 Å². The summed E-state index contributed by atoms with van der Waals surface area (Å²) in [6, 6.07) is 4.17. The maximum Gasteiger partial charge on any atom is 0.319 e. The van der Waals surface area contributed by atoms with Gasteiger partial charge in [0.2, 0.25) is 0 Å². The van der Waals surface area contributed by atoms with Crippen LogP contribution in [0.1, 0.15) is 38.9 Å². The molecule has 2 rings (SSSR count). The molecule has 0 fully saturated rings. The Morgan fingerprint density at radius 3 is 2.70 bits per heavy atom. The number of fused-ring (bicyclic) bond motifs is 1. The normalized spacial score (nSPS) is 11.9. The smallest absolute Gasteiger partial charge is 0.319 e. The minimum Gasteiger partial charge on any atom is -0.388 e. The SMILES string of the molecule is CCC(O)(CC)CNC(=O)Nc1ccc2nc(C(F)F)[nH]c2c1. The van der Waals surface area contributed by atoms with Gasteiger partial charge in [-0.1, -0.05) is 13.8 Å². The van der Waals surface area contributed by atoms with Crippen LogP contribution in [-0.4, -0.2) is 33.3 Å². The first kappa shape index (κ1) is 17.1. The Morgan fingerprint density at radius 2 is 2.09 bits per heavy atom. The summed E-state index contributed by atoms with van der Waals surface area (Å²) < 4.78 is 25.2. The maximum atomic E-state index is 12.6. The van der Waals surface area contributed by atoms with Crippen LogP contribution >= 0.6 is 0 Å². The maximum absolute atomic E-state index is 12.6. The highest BCUT2D eigenvalue weighted by Gasteiger charge is 2.22. The third kappa shape index (κ3) is 4.16. The van der Waals surface area contributed by atoms with Gasteiger partial charge in [0.25, 0.3) is 6.43 Å². The van der Waals surface area contributed by atoms with E-state index in [9.17, 15) is 18.7 Å². The standard InChI is InChI=1S/C15H20F2N4O2/c1-3-15(23,4-2)8-18-14(22)19-9-5-6-10-11(7-9)21-13(20-10)12(16)17/h5-7,12,23H,3-4,8H2,1-2H3,(H,20,21)(H2,18,19,22). The first-order valence-corrected chi connectivity index (χ1v) is 7.42. The van der Waals surface area contributed by atoms with Crippen LogP contribution in [0, 0.1) is 0 Å². The lowest BCUT2D eigenvalue weighted by atomic mass is 9.98. The van der Waals surface area contributed by atoms with Gasteiger partial charge in [-0.2, -0.15) is 0 Å². The van der Waals surface area contributed by atoms with Crippen molar-refractivity contribution < 1.29 is 18.7 Å². The van der Waals surface area contributed by atoms with Crippen LogP contribution in [0.5, 0.6) is 0 Å². The number of halogens is 2. The van der Waals surface area contributed by atoms with Crippen LogP contribution in [0.2, 0.25) is 0 Å². The number of carbonyl (C=O) groups excluding carboxylic acids is 1. The molecule has 0 spiro atoms. The van der Waals surface area contributed by atoms with E-state index < -0.39 is 23.9 Å². The molecule has 0 aliphatic carbocycles. The molecule has 6 nitrogen and oxygen atoms in total. The summed E-state index contributed by atoms with van der Waals surface area (Å²) in [6.07, 6.45) is -1.62. The third-order valence-corrected chi connectivity index (χ3v) is 3.86. The second-order valence-electron chi connectivity index (χ2n) is 5.39. The molecule has 4 N–H and O–H groups in total. The fraction of sp³-hybridized carbons (Fsp3) is 0.467. The first-order chi connectivity index (χ1) is 10.9. The number of nitrogens with one attached hydrogen (secondary N) is 3. The quantitative estimate of drug-likeness (QED) is 0.657. The molecular formula is C15H20F2N4O2. The molecule has 0 aliphatic heterocycles.